The van der Waals surface area contributed by atoms with E-state index in [0.717, 1.165) is 13.1 Å². The summed E-state index contributed by atoms with van der Waals surface area (Å²) < 4.78 is 28.0. The Morgan fingerprint density at radius 2 is 2.00 bits per heavy atom. The van der Waals surface area contributed by atoms with Gasteiger partial charge in [-0.15, -0.1) is 0 Å². The number of hydrogen-bond acceptors (Lipinski definition) is 8. The summed E-state index contributed by atoms with van der Waals surface area (Å²) in [6.45, 7) is 4.81. The van der Waals surface area contributed by atoms with Crippen LogP contribution in [-0.4, -0.2) is 74.4 Å². The number of fused-ring (bicyclic) bond motifs is 2. The second-order valence-electron chi connectivity index (χ2n) is 9.15. The number of esters is 1. The molecule has 0 radical (unpaired) electrons. The number of ether oxygens (including phenoxy) is 2. The highest BCUT2D eigenvalue weighted by atomic mass is 35.5. The standard InChI is InChI=1S/C25H24Cl2FN7O3/c1-2-38-24(36)23(22-19-7-15(28)11-34(19)13-31-22)35-12-17-18(26)8-16(20(27)21(17)32-35)14-9-29-25(30-10-14)33-3-5-37-6-4-33/h8-10,12-13,15,23H,2-7,11H2,1H3. The van der Waals surface area contributed by atoms with Crippen LogP contribution in [0.2, 0.25) is 10.0 Å². The summed E-state index contributed by atoms with van der Waals surface area (Å²) in [5.41, 5.74) is 2.73. The van der Waals surface area contributed by atoms with Crippen molar-refractivity contribution in [3.8, 4) is 11.1 Å². The van der Waals surface area contributed by atoms with Crippen molar-refractivity contribution in [2.45, 2.75) is 32.1 Å². The molecule has 0 bridgehead atoms. The summed E-state index contributed by atoms with van der Waals surface area (Å²) in [7, 11) is 0. The Hall–Kier alpha value is -3.28. The highest BCUT2D eigenvalue weighted by Gasteiger charge is 2.35. The van der Waals surface area contributed by atoms with Gasteiger partial charge in [-0.1, -0.05) is 23.2 Å². The molecule has 1 saturated heterocycles. The van der Waals surface area contributed by atoms with E-state index in [2.05, 4.69) is 25.0 Å². The number of alkyl halides is 1. The van der Waals surface area contributed by atoms with Gasteiger partial charge in [0.25, 0.3) is 0 Å². The van der Waals surface area contributed by atoms with E-state index in [1.807, 2.05) is 0 Å². The van der Waals surface area contributed by atoms with Gasteiger partial charge in [-0.05, 0) is 13.0 Å². The maximum Gasteiger partial charge on any atom is 0.337 e. The fourth-order valence-electron chi connectivity index (χ4n) is 4.94. The Balaban J connectivity index is 1.39. The van der Waals surface area contributed by atoms with Gasteiger partial charge in [0.05, 0.1) is 48.4 Å². The van der Waals surface area contributed by atoms with Crippen molar-refractivity contribution in [3.05, 3.63) is 52.4 Å². The monoisotopic (exact) mass is 559 g/mol. The molecule has 6 rings (SSSR count). The molecule has 0 saturated carbocycles. The van der Waals surface area contributed by atoms with E-state index in [0.29, 0.717) is 62.6 Å². The lowest BCUT2D eigenvalue weighted by Gasteiger charge is -2.26. The molecule has 2 aliphatic heterocycles. The molecule has 10 nitrogen and oxygen atoms in total. The number of hydrogen-bond donors (Lipinski definition) is 0. The van der Waals surface area contributed by atoms with Crippen LogP contribution in [0.25, 0.3) is 22.0 Å². The third kappa shape index (κ3) is 4.38. The fourth-order valence-corrected chi connectivity index (χ4v) is 5.49. The lowest BCUT2D eigenvalue weighted by atomic mass is 10.1. The minimum Gasteiger partial charge on any atom is -0.464 e. The first-order valence-electron chi connectivity index (χ1n) is 12.3. The first-order chi connectivity index (χ1) is 18.4. The van der Waals surface area contributed by atoms with Gasteiger partial charge in [-0.25, -0.2) is 24.1 Å². The largest absolute Gasteiger partial charge is 0.464 e. The number of carbonyl (C=O) groups excluding carboxylic acids is 1. The molecule has 0 aliphatic carbocycles. The SMILES string of the molecule is CCOC(=O)C(c1ncn2c1CC(F)C2)n1cc2c(Cl)cc(-c3cnc(N4CCOCC4)nc3)c(Cl)c2n1. The summed E-state index contributed by atoms with van der Waals surface area (Å²) >= 11 is 13.5. The summed E-state index contributed by atoms with van der Waals surface area (Å²) in [5, 5.41) is 5.94. The number of rotatable bonds is 6. The predicted molar refractivity (Wildman–Crippen MR) is 139 cm³/mol. The third-order valence-corrected chi connectivity index (χ3v) is 7.46. The summed E-state index contributed by atoms with van der Waals surface area (Å²) in [5.74, 6) is 0.0636. The molecular formula is C25H24Cl2FN7O3. The van der Waals surface area contributed by atoms with Crippen LogP contribution in [0.4, 0.5) is 10.3 Å². The van der Waals surface area contributed by atoms with Crippen molar-refractivity contribution in [1.29, 1.82) is 0 Å². The molecular weight excluding hydrogens is 536 g/mol. The Morgan fingerprint density at radius 3 is 2.74 bits per heavy atom. The van der Waals surface area contributed by atoms with Gasteiger partial charge >= 0.3 is 5.97 Å². The van der Waals surface area contributed by atoms with Crippen LogP contribution >= 0.6 is 23.2 Å². The molecule has 1 fully saturated rings. The fraction of sp³-hybridized carbons (Fsp3) is 0.400. The van der Waals surface area contributed by atoms with Crippen LogP contribution in [0.1, 0.15) is 24.4 Å². The van der Waals surface area contributed by atoms with Gasteiger partial charge in [0.15, 0.2) is 6.04 Å². The van der Waals surface area contributed by atoms with Gasteiger partial charge < -0.3 is 18.9 Å². The number of benzene rings is 1. The van der Waals surface area contributed by atoms with Crippen molar-refractivity contribution in [1.82, 2.24) is 29.3 Å². The zero-order valence-corrected chi connectivity index (χ0v) is 22.0. The Morgan fingerprint density at radius 1 is 1.24 bits per heavy atom. The number of carbonyl (C=O) groups is 1. The average Bonchev–Trinajstić information content (AvgIpc) is 3.63. The summed E-state index contributed by atoms with van der Waals surface area (Å²) in [6, 6.07) is 0.711. The van der Waals surface area contributed by atoms with E-state index in [1.165, 1.54) is 4.68 Å². The predicted octanol–water partition coefficient (Wildman–Crippen LogP) is 3.88. The molecule has 0 spiro atoms. The van der Waals surface area contributed by atoms with E-state index < -0.39 is 18.2 Å². The minimum absolute atomic E-state index is 0.165. The smallest absolute Gasteiger partial charge is 0.337 e. The van der Waals surface area contributed by atoms with E-state index in [9.17, 15) is 9.18 Å². The highest BCUT2D eigenvalue weighted by molar-refractivity contribution is 6.42. The number of imidazole rings is 1. The molecule has 5 heterocycles. The number of anilines is 1. The van der Waals surface area contributed by atoms with E-state index >= 15 is 0 Å². The molecule has 1 aromatic carbocycles. The molecule has 3 aromatic heterocycles. The lowest BCUT2D eigenvalue weighted by Crippen LogP contribution is -2.37. The normalized spacial score (nSPS) is 18.1. The van der Waals surface area contributed by atoms with Gasteiger partial charge in [-0.3, -0.25) is 4.68 Å². The minimum atomic E-state index is -1.03. The Kier molecular flexibility index (Phi) is 6.67. The average molecular weight is 560 g/mol. The molecule has 13 heteroatoms. The summed E-state index contributed by atoms with van der Waals surface area (Å²) in [6.07, 6.45) is 5.70. The second kappa shape index (κ2) is 10.1. The zero-order chi connectivity index (χ0) is 26.4. The Bertz CT molecular complexity index is 1500. The number of halogens is 3. The van der Waals surface area contributed by atoms with Crippen molar-refractivity contribution >= 4 is 46.0 Å². The second-order valence-corrected chi connectivity index (χ2v) is 9.93. The van der Waals surface area contributed by atoms with Gasteiger partial charge in [0, 0.05) is 60.3 Å². The van der Waals surface area contributed by atoms with Crippen LogP contribution in [0.15, 0.2) is 31.0 Å². The molecule has 2 atom stereocenters. The summed E-state index contributed by atoms with van der Waals surface area (Å²) in [4.78, 5) is 28.6. The molecule has 2 aliphatic rings. The van der Waals surface area contributed by atoms with Crippen LogP contribution in [0, 0.1) is 0 Å². The van der Waals surface area contributed by atoms with Crippen molar-refractivity contribution in [3.63, 3.8) is 0 Å². The molecule has 0 N–H and O–H groups in total. The zero-order valence-electron chi connectivity index (χ0n) is 20.5. The van der Waals surface area contributed by atoms with Crippen molar-refractivity contribution in [2.24, 2.45) is 0 Å². The maximum absolute atomic E-state index is 14.1. The first kappa shape index (κ1) is 25.0. The lowest BCUT2D eigenvalue weighted by molar-refractivity contribution is -0.146. The third-order valence-electron chi connectivity index (χ3n) is 6.77. The molecule has 38 heavy (non-hydrogen) atoms. The number of morpholine rings is 1. The number of nitrogens with zero attached hydrogens (tertiary/aromatic N) is 7. The first-order valence-corrected chi connectivity index (χ1v) is 13.1. The van der Waals surface area contributed by atoms with Crippen LogP contribution in [0.3, 0.4) is 0 Å². The molecule has 4 aromatic rings. The van der Waals surface area contributed by atoms with Gasteiger partial charge in [0.2, 0.25) is 5.95 Å². The molecule has 2 unspecified atom stereocenters. The van der Waals surface area contributed by atoms with Crippen LogP contribution in [0.5, 0.6) is 0 Å². The maximum atomic E-state index is 14.1. The number of aromatic nitrogens is 6. The van der Waals surface area contributed by atoms with E-state index in [1.54, 1.807) is 42.5 Å². The van der Waals surface area contributed by atoms with Crippen LogP contribution in [-0.2, 0) is 27.2 Å². The van der Waals surface area contributed by atoms with E-state index in [4.69, 9.17) is 32.7 Å². The topological polar surface area (TPSA) is 100 Å². The van der Waals surface area contributed by atoms with Crippen molar-refractivity contribution < 1.29 is 18.7 Å². The van der Waals surface area contributed by atoms with Gasteiger partial charge in [-0.2, -0.15) is 5.10 Å². The van der Waals surface area contributed by atoms with Crippen molar-refractivity contribution in [2.75, 3.05) is 37.8 Å². The quantitative estimate of drug-likeness (QED) is 0.328. The molecule has 0 amide bonds. The van der Waals surface area contributed by atoms with Crippen LogP contribution < -0.4 is 4.90 Å². The molecule has 198 valence electrons. The Labute approximate surface area is 227 Å². The highest BCUT2D eigenvalue weighted by Crippen LogP contribution is 2.39. The van der Waals surface area contributed by atoms with E-state index in [-0.39, 0.29) is 19.6 Å². The van der Waals surface area contributed by atoms with Gasteiger partial charge in [0.1, 0.15) is 11.7 Å².